The third-order valence-electron chi connectivity index (χ3n) is 2.71. The number of halogens is 1. The Hall–Kier alpha value is -0.220. The highest BCUT2D eigenvalue weighted by Crippen LogP contribution is 2.28. The van der Waals surface area contributed by atoms with Crippen LogP contribution >= 0.6 is 23.4 Å². The van der Waals surface area contributed by atoms with Gasteiger partial charge in [0.05, 0.1) is 0 Å². The molecule has 1 atom stereocenters. The van der Waals surface area contributed by atoms with Crippen LogP contribution in [0.4, 0.5) is 0 Å². The maximum Gasteiger partial charge on any atom is 0.0464 e. The van der Waals surface area contributed by atoms with E-state index in [0.29, 0.717) is 0 Å². The van der Waals surface area contributed by atoms with Crippen molar-refractivity contribution in [3.05, 3.63) is 28.8 Å². The van der Waals surface area contributed by atoms with E-state index in [1.807, 2.05) is 6.07 Å². The fourth-order valence-corrected chi connectivity index (χ4v) is 2.96. The third kappa shape index (κ3) is 5.19. The molecule has 0 aliphatic carbocycles. The number of nitrogens with one attached hydrogen (secondary N) is 1. The van der Waals surface area contributed by atoms with Gasteiger partial charge in [0.15, 0.2) is 0 Å². The smallest absolute Gasteiger partial charge is 0.0464 e. The summed E-state index contributed by atoms with van der Waals surface area (Å²) in [5.41, 5.74) is 1.15. The summed E-state index contributed by atoms with van der Waals surface area (Å²) in [6.45, 7) is 5.54. The number of hydrogen-bond acceptors (Lipinski definition) is 3. The van der Waals surface area contributed by atoms with Gasteiger partial charge in [-0.15, -0.1) is 11.8 Å². The normalized spacial score (nSPS) is 12.7. The Balaban J connectivity index is 2.61. The molecule has 0 saturated carbocycles. The molecule has 0 saturated heterocycles. The van der Waals surface area contributed by atoms with E-state index in [4.69, 9.17) is 16.7 Å². The SMILES string of the molecule is CCCNC(C)c1ccc(SCCCO)cc1Cl. The first kappa shape index (κ1) is 15.8. The lowest BCUT2D eigenvalue weighted by Crippen LogP contribution is -2.19. The van der Waals surface area contributed by atoms with Gasteiger partial charge in [0, 0.05) is 28.3 Å². The first-order chi connectivity index (χ1) is 8.69. The minimum absolute atomic E-state index is 0.247. The molecule has 0 heterocycles. The Morgan fingerprint density at radius 2 is 2.22 bits per heavy atom. The maximum absolute atomic E-state index is 8.75. The molecule has 1 rings (SSSR count). The van der Waals surface area contributed by atoms with Crippen LogP contribution in [0.3, 0.4) is 0 Å². The van der Waals surface area contributed by atoms with Gasteiger partial charge in [-0.3, -0.25) is 0 Å². The minimum Gasteiger partial charge on any atom is -0.396 e. The zero-order valence-corrected chi connectivity index (χ0v) is 12.7. The second kappa shape index (κ2) is 8.81. The van der Waals surface area contributed by atoms with E-state index in [1.54, 1.807) is 11.8 Å². The lowest BCUT2D eigenvalue weighted by molar-refractivity contribution is 0.296. The van der Waals surface area contributed by atoms with Crippen molar-refractivity contribution in [3.63, 3.8) is 0 Å². The lowest BCUT2D eigenvalue weighted by Gasteiger charge is -2.16. The Bertz CT molecular complexity index is 360. The molecule has 102 valence electrons. The summed E-state index contributed by atoms with van der Waals surface area (Å²) in [5.74, 6) is 0.926. The summed E-state index contributed by atoms with van der Waals surface area (Å²) in [7, 11) is 0. The van der Waals surface area contributed by atoms with Crippen LogP contribution in [0, 0.1) is 0 Å². The molecule has 18 heavy (non-hydrogen) atoms. The van der Waals surface area contributed by atoms with Crippen molar-refractivity contribution >= 4 is 23.4 Å². The van der Waals surface area contributed by atoms with Crippen molar-refractivity contribution in [1.29, 1.82) is 0 Å². The largest absolute Gasteiger partial charge is 0.396 e. The van der Waals surface area contributed by atoms with Gasteiger partial charge in [-0.25, -0.2) is 0 Å². The maximum atomic E-state index is 8.75. The topological polar surface area (TPSA) is 32.3 Å². The van der Waals surface area contributed by atoms with E-state index in [9.17, 15) is 0 Å². The zero-order valence-electron chi connectivity index (χ0n) is 11.1. The van der Waals surface area contributed by atoms with E-state index < -0.39 is 0 Å². The quantitative estimate of drug-likeness (QED) is 0.562. The average molecular weight is 288 g/mol. The Labute approximate surface area is 119 Å². The molecular formula is C14H22ClNOS. The number of rotatable bonds is 8. The van der Waals surface area contributed by atoms with Gasteiger partial charge in [-0.1, -0.05) is 24.6 Å². The van der Waals surface area contributed by atoms with Gasteiger partial charge in [-0.2, -0.15) is 0 Å². The second-order valence-corrected chi connectivity index (χ2v) is 5.86. The molecular weight excluding hydrogens is 266 g/mol. The summed E-state index contributed by atoms with van der Waals surface area (Å²) < 4.78 is 0. The Morgan fingerprint density at radius 3 is 2.83 bits per heavy atom. The van der Waals surface area contributed by atoms with Crippen molar-refractivity contribution in [3.8, 4) is 0 Å². The molecule has 2 nitrogen and oxygen atoms in total. The summed E-state index contributed by atoms with van der Waals surface area (Å²) in [6.07, 6.45) is 1.94. The van der Waals surface area contributed by atoms with Gasteiger partial charge in [0.25, 0.3) is 0 Å². The molecule has 1 aromatic carbocycles. The Kier molecular flexibility index (Phi) is 7.75. The molecule has 0 aromatic heterocycles. The van der Waals surface area contributed by atoms with Crippen molar-refractivity contribution in [2.24, 2.45) is 0 Å². The van der Waals surface area contributed by atoms with Crippen LogP contribution in [0.1, 0.15) is 38.3 Å². The number of hydrogen-bond donors (Lipinski definition) is 2. The molecule has 0 fully saturated rings. The van der Waals surface area contributed by atoms with Gasteiger partial charge in [0.1, 0.15) is 0 Å². The van der Waals surface area contributed by atoms with Crippen LogP contribution in [-0.4, -0.2) is 24.0 Å². The highest BCUT2D eigenvalue weighted by Gasteiger charge is 2.09. The van der Waals surface area contributed by atoms with Crippen LogP contribution in [0.25, 0.3) is 0 Å². The lowest BCUT2D eigenvalue weighted by atomic mass is 10.1. The molecule has 0 radical (unpaired) electrons. The molecule has 0 bridgehead atoms. The van der Waals surface area contributed by atoms with Crippen molar-refractivity contribution in [1.82, 2.24) is 5.32 Å². The summed E-state index contributed by atoms with van der Waals surface area (Å²) >= 11 is 8.05. The fourth-order valence-electron chi connectivity index (χ4n) is 1.67. The fraction of sp³-hybridized carbons (Fsp3) is 0.571. The number of aliphatic hydroxyl groups excluding tert-OH is 1. The summed E-state index contributed by atoms with van der Waals surface area (Å²) in [5, 5.41) is 13.0. The first-order valence-electron chi connectivity index (χ1n) is 6.45. The second-order valence-electron chi connectivity index (χ2n) is 4.28. The molecule has 0 aliphatic rings. The number of aliphatic hydroxyl groups is 1. The molecule has 2 N–H and O–H groups in total. The minimum atomic E-state index is 0.247. The average Bonchev–Trinajstić information content (AvgIpc) is 2.36. The van der Waals surface area contributed by atoms with E-state index in [1.165, 1.54) is 4.90 Å². The number of thioether (sulfide) groups is 1. The molecule has 1 aromatic rings. The Morgan fingerprint density at radius 1 is 1.44 bits per heavy atom. The highest BCUT2D eigenvalue weighted by atomic mass is 35.5. The van der Waals surface area contributed by atoms with Crippen molar-refractivity contribution < 1.29 is 5.11 Å². The molecule has 1 unspecified atom stereocenters. The van der Waals surface area contributed by atoms with Crippen LogP contribution in [-0.2, 0) is 0 Å². The van der Waals surface area contributed by atoms with E-state index in [0.717, 1.165) is 35.7 Å². The highest BCUT2D eigenvalue weighted by molar-refractivity contribution is 7.99. The predicted molar refractivity (Wildman–Crippen MR) is 80.6 cm³/mol. The third-order valence-corrected chi connectivity index (χ3v) is 4.12. The van der Waals surface area contributed by atoms with Crippen molar-refractivity contribution in [2.75, 3.05) is 18.9 Å². The van der Waals surface area contributed by atoms with Crippen molar-refractivity contribution in [2.45, 2.75) is 37.6 Å². The van der Waals surface area contributed by atoms with Crippen LogP contribution < -0.4 is 5.32 Å². The molecule has 0 spiro atoms. The van der Waals surface area contributed by atoms with Gasteiger partial charge >= 0.3 is 0 Å². The van der Waals surface area contributed by atoms with Crippen LogP contribution in [0.2, 0.25) is 5.02 Å². The molecule has 0 amide bonds. The number of benzene rings is 1. The first-order valence-corrected chi connectivity index (χ1v) is 7.81. The van der Waals surface area contributed by atoms with Gasteiger partial charge in [0.2, 0.25) is 0 Å². The van der Waals surface area contributed by atoms with E-state index in [-0.39, 0.29) is 12.6 Å². The standard InChI is InChI=1S/C14H22ClNOS/c1-3-7-16-11(2)13-6-5-12(10-14(13)15)18-9-4-8-17/h5-6,10-11,16-17H,3-4,7-9H2,1-2H3. The van der Waals surface area contributed by atoms with Gasteiger partial charge in [-0.05, 0) is 44.0 Å². The summed E-state index contributed by atoms with van der Waals surface area (Å²) in [6, 6.07) is 6.50. The summed E-state index contributed by atoms with van der Waals surface area (Å²) in [4.78, 5) is 1.17. The van der Waals surface area contributed by atoms with Crippen LogP contribution in [0.5, 0.6) is 0 Å². The molecule has 4 heteroatoms. The van der Waals surface area contributed by atoms with Gasteiger partial charge < -0.3 is 10.4 Å². The monoisotopic (exact) mass is 287 g/mol. The van der Waals surface area contributed by atoms with E-state index in [2.05, 4.69) is 31.3 Å². The predicted octanol–water partition coefficient (Wildman–Crippen LogP) is 3.88. The van der Waals surface area contributed by atoms with Crippen LogP contribution in [0.15, 0.2) is 23.1 Å². The molecule has 0 aliphatic heterocycles. The van der Waals surface area contributed by atoms with E-state index >= 15 is 0 Å². The zero-order chi connectivity index (χ0) is 13.4.